The van der Waals surface area contributed by atoms with Gasteiger partial charge in [-0.15, -0.1) is 5.10 Å². The fourth-order valence-electron chi connectivity index (χ4n) is 6.08. The first-order chi connectivity index (χ1) is 14.2. The molecule has 1 amide bonds. The van der Waals surface area contributed by atoms with Crippen molar-refractivity contribution in [1.29, 1.82) is 0 Å². The Balaban J connectivity index is 1.55. The van der Waals surface area contributed by atoms with Crippen LogP contribution in [0.5, 0.6) is 0 Å². The van der Waals surface area contributed by atoms with Crippen LogP contribution in [0.4, 0.5) is 0 Å². The highest BCUT2D eigenvalue weighted by Crippen LogP contribution is 2.40. The quantitative estimate of drug-likeness (QED) is 0.698. The Morgan fingerprint density at radius 2 is 1.76 bits per heavy atom. The first-order valence-electron chi connectivity index (χ1n) is 12.0. The number of hydrogen-bond acceptors (Lipinski definition) is 5. The van der Waals surface area contributed by atoms with Gasteiger partial charge in [-0.3, -0.25) is 9.69 Å². The lowest BCUT2D eigenvalue weighted by Gasteiger charge is -2.39. The average Bonchev–Trinajstić information content (AvgIpc) is 3.49. The summed E-state index contributed by atoms with van der Waals surface area (Å²) in [5.41, 5.74) is -0.252. The van der Waals surface area contributed by atoms with Crippen molar-refractivity contribution in [3.05, 3.63) is 5.82 Å². The molecule has 3 fully saturated rings. The van der Waals surface area contributed by atoms with Gasteiger partial charge in [0, 0.05) is 19.5 Å². The van der Waals surface area contributed by atoms with Gasteiger partial charge < -0.3 is 4.90 Å². The molecule has 0 N–H and O–H groups in total. The molecule has 0 aromatic carbocycles. The lowest BCUT2D eigenvalue weighted by atomic mass is 9.86. The van der Waals surface area contributed by atoms with E-state index in [4.69, 9.17) is 0 Å². The lowest BCUT2D eigenvalue weighted by Crippen LogP contribution is -2.50. The van der Waals surface area contributed by atoms with E-state index in [1.807, 2.05) is 0 Å². The molecule has 0 bridgehead atoms. The SMILES string of the molecule is CCN(CC)C1(c2nnnn2C2CCCC2)CCN(C(=O)CC2CCCCC2)C1. The van der Waals surface area contributed by atoms with E-state index in [-0.39, 0.29) is 5.54 Å². The second-order valence-electron chi connectivity index (χ2n) is 9.36. The molecule has 2 aliphatic carbocycles. The van der Waals surface area contributed by atoms with E-state index in [0.717, 1.165) is 57.7 Å². The molecule has 1 saturated heterocycles. The molecule has 1 aliphatic heterocycles. The lowest BCUT2D eigenvalue weighted by molar-refractivity contribution is -0.132. The number of likely N-dealkylation sites (tertiary alicyclic amines) is 1. The van der Waals surface area contributed by atoms with Gasteiger partial charge in [-0.25, -0.2) is 4.68 Å². The second kappa shape index (κ2) is 9.11. The molecule has 2 saturated carbocycles. The number of aromatic nitrogens is 4. The van der Waals surface area contributed by atoms with Crippen molar-refractivity contribution < 1.29 is 4.79 Å². The van der Waals surface area contributed by atoms with Crippen molar-refractivity contribution in [3.8, 4) is 0 Å². The zero-order valence-corrected chi connectivity index (χ0v) is 18.4. The minimum atomic E-state index is -0.252. The average molecular weight is 403 g/mol. The third-order valence-corrected chi connectivity index (χ3v) is 7.74. The van der Waals surface area contributed by atoms with E-state index in [0.29, 0.717) is 17.9 Å². The number of hydrogen-bond donors (Lipinski definition) is 0. The van der Waals surface area contributed by atoms with E-state index >= 15 is 0 Å². The van der Waals surface area contributed by atoms with Gasteiger partial charge in [0.15, 0.2) is 5.82 Å². The number of carbonyl (C=O) groups excluding carboxylic acids is 1. The molecule has 1 atom stereocenters. The predicted molar refractivity (Wildman–Crippen MR) is 112 cm³/mol. The number of carbonyl (C=O) groups is 1. The molecule has 1 aromatic rings. The van der Waals surface area contributed by atoms with Crippen LogP contribution in [0.1, 0.15) is 96.3 Å². The van der Waals surface area contributed by atoms with Crippen LogP contribution in [-0.4, -0.2) is 62.1 Å². The van der Waals surface area contributed by atoms with E-state index in [9.17, 15) is 4.79 Å². The van der Waals surface area contributed by atoms with Gasteiger partial charge in [0.05, 0.1) is 6.04 Å². The van der Waals surface area contributed by atoms with Crippen molar-refractivity contribution >= 4 is 5.91 Å². The van der Waals surface area contributed by atoms with E-state index in [1.54, 1.807) is 0 Å². The Morgan fingerprint density at radius 1 is 1.07 bits per heavy atom. The Hall–Kier alpha value is -1.50. The first kappa shape index (κ1) is 20.8. The van der Waals surface area contributed by atoms with E-state index in [1.165, 1.54) is 44.9 Å². The molecule has 0 spiro atoms. The summed E-state index contributed by atoms with van der Waals surface area (Å²) in [5.74, 6) is 1.91. The second-order valence-corrected chi connectivity index (χ2v) is 9.36. The standard InChI is InChI=1S/C22H38N6O/c1-3-27(4-2)22(21-23-24-25-28(21)19-12-8-9-13-19)14-15-26(17-22)20(29)16-18-10-6-5-7-11-18/h18-19H,3-17H2,1-2H3. The van der Waals surface area contributed by atoms with Crippen LogP contribution in [0.15, 0.2) is 0 Å². The molecule has 162 valence electrons. The molecule has 4 rings (SSSR count). The molecular formula is C22H38N6O. The third-order valence-electron chi connectivity index (χ3n) is 7.74. The highest BCUT2D eigenvalue weighted by molar-refractivity contribution is 5.77. The largest absolute Gasteiger partial charge is 0.340 e. The Bertz CT molecular complexity index is 675. The summed E-state index contributed by atoms with van der Waals surface area (Å²) in [6.07, 6.45) is 12.9. The summed E-state index contributed by atoms with van der Waals surface area (Å²) in [4.78, 5) is 17.8. The molecule has 0 radical (unpaired) electrons. The summed E-state index contributed by atoms with van der Waals surface area (Å²) in [5, 5.41) is 13.1. The van der Waals surface area contributed by atoms with Crippen LogP contribution < -0.4 is 0 Å². The van der Waals surface area contributed by atoms with Crippen LogP contribution in [0, 0.1) is 5.92 Å². The van der Waals surface area contributed by atoms with Gasteiger partial charge in [-0.2, -0.15) is 0 Å². The highest BCUT2D eigenvalue weighted by Gasteiger charge is 2.49. The molecule has 3 aliphatic rings. The van der Waals surface area contributed by atoms with Crippen molar-refractivity contribution in [2.75, 3.05) is 26.2 Å². The number of nitrogens with zero attached hydrogens (tertiary/aromatic N) is 6. The van der Waals surface area contributed by atoms with Gasteiger partial charge in [-0.1, -0.05) is 46.0 Å². The zero-order chi connectivity index (χ0) is 20.3. The van der Waals surface area contributed by atoms with Gasteiger partial charge in [0.2, 0.25) is 5.91 Å². The molecule has 1 unspecified atom stereocenters. The third kappa shape index (κ3) is 4.07. The van der Waals surface area contributed by atoms with Crippen LogP contribution in [-0.2, 0) is 10.3 Å². The maximum absolute atomic E-state index is 13.2. The van der Waals surface area contributed by atoms with Gasteiger partial charge in [0.25, 0.3) is 0 Å². The zero-order valence-electron chi connectivity index (χ0n) is 18.4. The number of amides is 1. The number of likely N-dealkylation sites (N-methyl/N-ethyl adjacent to an activating group) is 1. The topological polar surface area (TPSA) is 67.2 Å². The summed E-state index contributed by atoms with van der Waals surface area (Å²) in [6, 6.07) is 0.416. The Kier molecular flexibility index (Phi) is 6.52. The van der Waals surface area contributed by atoms with Crippen molar-refractivity contribution in [1.82, 2.24) is 30.0 Å². The summed E-state index contributed by atoms with van der Waals surface area (Å²) >= 11 is 0. The molecule has 29 heavy (non-hydrogen) atoms. The van der Waals surface area contributed by atoms with Crippen LogP contribution in [0.2, 0.25) is 0 Å². The molecule has 1 aromatic heterocycles. The van der Waals surface area contributed by atoms with Crippen molar-refractivity contribution in [3.63, 3.8) is 0 Å². The van der Waals surface area contributed by atoms with Gasteiger partial charge in [0.1, 0.15) is 5.54 Å². The summed E-state index contributed by atoms with van der Waals surface area (Å²) in [7, 11) is 0. The van der Waals surface area contributed by atoms with Gasteiger partial charge in [-0.05, 0) is 61.5 Å². The maximum atomic E-state index is 13.2. The van der Waals surface area contributed by atoms with E-state index in [2.05, 4.69) is 43.9 Å². The Morgan fingerprint density at radius 3 is 2.45 bits per heavy atom. The normalized spacial score (nSPS) is 26.7. The fourth-order valence-corrected chi connectivity index (χ4v) is 6.08. The fraction of sp³-hybridized carbons (Fsp3) is 0.909. The number of rotatable bonds is 7. The molecular weight excluding hydrogens is 364 g/mol. The molecule has 7 heteroatoms. The minimum absolute atomic E-state index is 0.252. The monoisotopic (exact) mass is 402 g/mol. The van der Waals surface area contributed by atoms with Crippen LogP contribution in [0.25, 0.3) is 0 Å². The molecule has 7 nitrogen and oxygen atoms in total. The smallest absolute Gasteiger partial charge is 0.222 e. The molecule has 2 heterocycles. The maximum Gasteiger partial charge on any atom is 0.222 e. The van der Waals surface area contributed by atoms with Crippen molar-refractivity contribution in [2.24, 2.45) is 5.92 Å². The van der Waals surface area contributed by atoms with Crippen LogP contribution in [0.3, 0.4) is 0 Å². The summed E-state index contributed by atoms with van der Waals surface area (Å²) < 4.78 is 2.11. The highest BCUT2D eigenvalue weighted by atomic mass is 16.2. The first-order valence-corrected chi connectivity index (χ1v) is 12.0. The van der Waals surface area contributed by atoms with E-state index < -0.39 is 0 Å². The minimum Gasteiger partial charge on any atom is -0.340 e. The Labute approximate surface area is 175 Å². The summed E-state index contributed by atoms with van der Waals surface area (Å²) in [6.45, 7) is 7.85. The van der Waals surface area contributed by atoms with Crippen molar-refractivity contribution in [2.45, 2.75) is 96.1 Å². The predicted octanol–water partition coefficient (Wildman–Crippen LogP) is 3.53. The van der Waals surface area contributed by atoms with Crippen LogP contribution >= 0.6 is 0 Å². The number of tetrazole rings is 1. The van der Waals surface area contributed by atoms with Gasteiger partial charge >= 0.3 is 0 Å².